The fraction of sp³-hybridized carbons (Fsp3) is 0.211. The van der Waals surface area contributed by atoms with Crippen LogP contribution in [0.5, 0.6) is 5.88 Å². The number of pyridine rings is 1. The molecule has 4 N–H and O–H groups in total. The Kier molecular flexibility index (Phi) is 6.51. The monoisotopic (exact) mass is 371 g/mol. The van der Waals surface area contributed by atoms with Crippen molar-refractivity contribution < 1.29 is 24.5 Å². The summed E-state index contributed by atoms with van der Waals surface area (Å²) in [5.41, 5.74) is 7.11. The number of hydrogen-bond acceptors (Lipinski definition) is 5. The van der Waals surface area contributed by atoms with Gasteiger partial charge >= 0.3 is 11.9 Å². The van der Waals surface area contributed by atoms with Crippen molar-refractivity contribution in [3.63, 3.8) is 0 Å². The van der Waals surface area contributed by atoms with Crippen LogP contribution in [-0.4, -0.2) is 44.9 Å². The van der Waals surface area contributed by atoms with E-state index in [1.54, 1.807) is 13.3 Å². The van der Waals surface area contributed by atoms with Crippen LogP contribution in [0, 0.1) is 0 Å². The first-order valence-electron chi connectivity index (χ1n) is 8.13. The number of hydrogen-bond donors (Lipinski definition) is 3. The lowest BCUT2D eigenvalue weighted by molar-refractivity contribution is -0.134. The minimum atomic E-state index is -1.26. The molecular weight excluding hydrogens is 350 g/mol. The number of nitrogens with zero attached hydrogens (tertiary/aromatic N) is 2. The Morgan fingerprint density at radius 3 is 2.41 bits per heavy atom. The van der Waals surface area contributed by atoms with Crippen molar-refractivity contribution in [3.05, 3.63) is 48.8 Å². The summed E-state index contributed by atoms with van der Waals surface area (Å²) in [5.74, 6) is -1.85. The summed E-state index contributed by atoms with van der Waals surface area (Å²) in [6.07, 6.45) is 4.98. The van der Waals surface area contributed by atoms with Gasteiger partial charge in [-0.25, -0.2) is 14.6 Å². The van der Waals surface area contributed by atoms with E-state index in [4.69, 9.17) is 20.7 Å². The molecule has 0 aliphatic heterocycles. The van der Waals surface area contributed by atoms with Crippen molar-refractivity contribution in [2.75, 3.05) is 7.11 Å². The Labute approximate surface area is 155 Å². The molecule has 0 amide bonds. The van der Waals surface area contributed by atoms with Crippen molar-refractivity contribution in [2.24, 2.45) is 5.73 Å². The molecule has 0 spiro atoms. The molecule has 0 bridgehead atoms. The summed E-state index contributed by atoms with van der Waals surface area (Å²) in [4.78, 5) is 23.4. The Hall–Kier alpha value is -3.39. The lowest BCUT2D eigenvalue weighted by Gasteiger charge is -2.11. The number of benzene rings is 1. The molecule has 3 aromatic rings. The molecule has 2 heterocycles. The number of aliphatic carboxylic acids is 2. The van der Waals surface area contributed by atoms with Crippen LogP contribution >= 0.6 is 0 Å². The highest BCUT2D eigenvalue weighted by Gasteiger charge is 2.10. The maximum Gasteiger partial charge on any atom is 0.328 e. The fourth-order valence-electron chi connectivity index (χ4n) is 2.70. The highest BCUT2D eigenvalue weighted by molar-refractivity contribution is 6.07. The van der Waals surface area contributed by atoms with Gasteiger partial charge in [-0.15, -0.1) is 0 Å². The molecule has 142 valence electrons. The van der Waals surface area contributed by atoms with E-state index in [0.717, 1.165) is 17.3 Å². The number of carboxylic acid groups (broad SMARTS) is 2. The minimum absolute atomic E-state index is 0.120. The lowest BCUT2D eigenvalue weighted by atomic mass is 10.1. The van der Waals surface area contributed by atoms with Gasteiger partial charge in [-0.1, -0.05) is 6.07 Å². The zero-order valence-electron chi connectivity index (χ0n) is 15.0. The lowest BCUT2D eigenvalue weighted by Crippen LogP contribution is -2.21. The number of carboxylic acids is 2. The van der Waals surface area contributed by atoms with Crippen molar-refractivity contribution >= 4 is 33.6 Å². The third kappa shape index (κ3) is 5.05. The number of methoxy groups -OCH3 is 1. The Morgan fingerprint density at radius 2 is 1.85 bits per heavy atom. The Balaban J connectivity index is 0.000000279. The average Bonchev–Trinajstić information content (AvgIpc) is 3.02. The van der Waals surface area contributed by atoms with Crippen molar-refractivity contribution in [2.45, 2.75) is 19.5 Å². The van der Waals surface area contributed by atoms with Gasteiger partial charge in [0.2, 0.25) is 5.88 Å². The van der Waals surface area contributed by atoms with Crippen LogP contribution in [0.4, 0.5) is 0 Å². The molecule has 1 atom stereocenters. The first-order valence-corrected chi connectivity index (χ1v) is 8.13. The first-order chi connectivity index (χ1) is 12.8. The van der Waals surface area contributed by atoms with Crippen LogP contribution in [0.25, 0.3) is 21.7 Å². The summed E-state index contributed by atoms with van der Waals surface area (Å²) in [7, 11) is 1.65. The molecule has 0 saturated heterocycles. The minimum Gasteiger partial charge on any atom is -0.481 e. The molecule has 27 heavy (non-hydrogen) atoms. The Bertz CT molecular complexity index is 976. The maximum absolute atomic E-state index is 9.55. The van der Waals surface area contributed by atoms with Gasteiger partial charge in [0, 0.05) is 53.3 Å². The average molecular weight is 371 g/mol. The number of fused-ring (bicyclic) bond motifs is 3. The molecule has 1 aromatic carbocycles. The molecule has 0 radical (unpaired) electrons. The van der Waals surface area contributed by atoms with Crippen LogP contribution in [0.2, 0.25) is 0 Å². The number of carbonyl (C=O) groups is 2. The van der Waals surface area contributed by atoms with Crippen LogP contribution in [0.3, 0.4) is 0 Å². The van der Waals surface area contributed by atoms with E-state index in [1.807, 2.05) is 13.0 Å². The second kappa shape index (κ2) is 8.81. The Morgan fingerprint density at radius 1 is 1.19 bits per heavy atom. The molecule has 8 nitrogen and oxygen atoms in total. The quantitative estimate of drug-likeness (QED) is 0.587. The molecule has 0 fully saturated rings. The second-order valence-electron chi connectivity index (χ2n) is 5.87. The van der Waals surface area contributed by atoms with E-state index < -0.39 is 11.9 Å². The molecule has 0 aliphatic rings. The number of rotatable bonds is 5. The van der Waals surface area contributed by atoms with Gasteiger partial charge in [0.15, 0.2) is 0 Å². The van der Waals surface area contributed by atoms with Crippen LogP contribution in [0.1, 0.15) is 6.92 Å². The van der Waals surface area contributed by atoms with E-state index in [2.05, 4.69) is 33.9 Å². The molecule has 8 heteroatoms. The van der Waals surface area contributed by atoms with Crippen molar-refractivity contribution in [3.8, 4) is 5.88 Å². The topological polar surface area (TPSA) is 128 Å². The van der Waals surface area contributed by atoms with E-state index >= 15 is 0 Å². The van der Waals surface area contributed by atoms with Crippen molar-refractivity contribution in [1.29, 1.82) is 0 Å². The van der Waals surface area contributed by atoms with Crippen molar-refractivity contribution in [1.82, 2.24) is 9.55 Å². The highest BCUT2D eigenvalue weighted by Crippen LogP contribution is 2.30. The summed E-state index contributed by atoms with van der Waals surface area (Å²) in [6.45, 7) is 2.81. The summed E-state index contributed by atoms with van der Waals surface area (Å²) in [5, 5.41) is 19.0. The first kappa shape index (κ1) is 19.9. The molecule has 2 aromatic heterocycles. The van der Waals surface area contributed by atoms with Crippen LogP contribution in [0.15, 0.2) is 48.8 Å². The summed E-state index contributed by atoms with van der Waals surface area (Å²) in [6, 6.07) is 8.41. The van der Waals surface area contributed by atoms with Gasteiger partial charge in [-0.05, 0) is 25.1 Å². The summed E-state index contributed by atoms with van der Waals surface area (Å²) >= 11 is 0. The van der Waals surface area contributed by atoms with Gasteiger partial charge in [0.25, 0.3) is 0 Å². The molecule has 0 unspecified atom stereocenters. The normalized spacial score (nSPS) is 12.0. The third-order valence-electron chi connectivity index (χ3n) is 3.68. The largest absolute Gasteiger partial charge is 0.481 e. The van der Waals surface area contributed by atoms with E-state index in [9.17, 15) is 9.59 Å². The highest BCUT2D eigenvalue weighted by atomic mass is 16.5. The SMILES string of the molecule is COc1nccc2c1ccc1ccn(C[C@H](C)N)c12.O=C(O)C=CC(=O)O. The van der Waals surface area contributed by atoms with Gasteiger partial charge in [0.05, 0.1) is 12.6 Å². The summed E-state index contributed by atoms with van der Waals surface area (Å²) < 4.78 is 7.53. The van der Waals surface area contributed by atoms with E-state index in [1.165, 1.54) is 10.9 Å². The standard InChI is InChI=1S/C15H17N3O.C4H4O4/c1-10(16)9-18-8-6-11-3-4-13-12(14(11)18)5-7-17-15(13)19-2;5-3(6)1-2-4(7)8/h3-8,10H,9,16H2,1-2H3;1-2H,(H,5,6)(H,7,8)/t10-;/m0./s1. The van der Waals surface area contributed by atoms with Crippen LogP contribution in [-0.2, 0) is 16.1 Å². The number of ether oxygens (including phenoxy) is 1. The number of nitrogens with two attached hydrogens (primary N) is 1. The van der Waals surface area contributed by atoms with E-state index in [-0.39, 0.29) is 6.04 Å². The van der Waals surface area contributed by atoms with Gasteiger partial charge in [-0.3, -0.25) is 0 Å². The molecule has 3 rings (SSSR count). The molecule has 0 saturated carbocycles. The predicted molar refractivity (Wildman–Crippen MR) is 102 cm³/mol. The smallest absolute Gasteiger partial charge is 0.328 e. The zero-order valence-corrected chi connectivity index (χ0v) is 15.0. The van der Waals surface area contributed by atoms with Gasteiger partial charge < -0.3 is 25.3 Å². The second-order valence-corrected chi connectivity index (χ2v) is 5.87. The molecule has 0 aliphatic carbocycles. The third-order valence-corrected chi connectivity index (χ3v) is 3.68. The maximum atomic E-state index is 9.55. The predicted octanol–water partition coefficient (Wildman–Crippen LogP) is 2.26. The zero-order chi connectivity index (χ0) is 20.0. The molecular formula is C19H21N3O5. The van der Waals surface area contributed by atoms with E-state index in [0.29, 0.717) is 18.0 Å². The fourth-order valence-corrected chi connectivity index (χ4v) is 2.70. The van der Waals surface area contributed by atoms with Gasteiger partial charge in [-0.2, -0.15) is 0 Å². The van der Waals surface area contributed by atoms with Crippen LogP contribution < -0.4 is 10.5 Å². The van der Waals surface area contributed by atoms with Gasteiger partial charge in [0.1, 0.15) is 0 Å². The number of aromatic nitrogens is 2.